The van der Waals surface area contributed by atoms with Gasteiger partial charge in [-0.2, -0.15) is 0 Å². The van der Waals surface area contributed by atoms with Crippen LogP contribution in [0.15, 0.2) is 53.3 Å². The average molecular weight is 452 g/mol. The number of ether oxygens (including phenoxy) is 2. The molecule has 1 aliphatic rings. The van der Waals surface area contributed by atoms with Crippen LogP contribution in [-0.2, 0) is 6.54 Å². The van der Waals surface area contributed by atoms with E-state index in [0.29, 0.717) is 29.9 Å². The van der Waals surface area contributed by atoms with Crippen LogP contribution in [0.4, 0.5) is 5.69 Å². The summed E-state index contributed by atoms with van der Waals surface area (Å²) in [6, 6.07) is 15.7. The highest BCUT2D eigenvalue weighted by atomic mass is 32.1. The highest BCUT2D eigenvalue weighted by Crippen LogP contribution is 2.27. The van der Waals surface area contributed by atoms with Crippen molar-refractivity contribution in [3.8, 4) is 11.5 Å². The van der Waals surface area contributed by atoms with Crippen LogP contribution in [0.3, 0.4) is 0 Å². The molecule has 2 N–H and O–H groups in total. The van der Waals surface area contributed by atoms with Gasteiger partial charge in [0, 0.05) is 28.2 Å². The number of hydrogen-bond donors (Lipinski definition) is 2. The van der Waals surface area contributed by atoms with Crippen LogP contribution < -0.4 is 20.3 Å². The zero-order chi connectivity index (χ0) is 22.5. The minimum absolute atomic E-state index is 0.0862. The first-order valence-electron chi connectivity index (χ1n) is 11.1. The van der Waals surface area contributed by atoms with Crippen molar-refractivity contribution < 1.29 is 9.47 Å². The Morgan fingerprint density at radius 2 is 1.84 bits per heavy atom. The van der Waals surface area contributed by atoms with Crippen LogP contribution in [0.2, 0.25) is 0 Å². The predicted molar refractivity (Wildman–Crippen MR) is 133 cm³/mol. The molecular weight excluding hydrogens is 422 g/mol. The molecule has 0 amide bonds. The molecule has 1 heterocycles. The second kappa shape index (κ2) is 10.0. The molecule has 0 radical (unpaired) electrons. The number of hydrogen-bond acceptors (Lipinski definition) is 4. The van der Waals surface area contributed by atoms with Crippen LogP contribution in [0.25, 0.3) is 10.9 Å². The molecule has 0 aliphatic heterocycles. The summed E-state index contributed by atoms with van der Waals surface area (Å²) in [5.74, 6) is 1.59. The molecule has 6 nitrogen and oxygen atoms in total. The number of thiocarbonyl (C=S) groups is 1. The number of rotatable bonds is 7. The maximum atomic E-state index is 12.9. The number of H-pyrrole nitrogens is 1. The van der Waals surface area contributed by atoms with E-state index in [-0.39, 0.29) is 5.56 Å². The molecule has 0 unspecified atom stereocenters. The summed E-state index contributed by atoms with van der Waals surface area (Å²) < 4.78 is 10.9. The van der Waals surface area contributed by atoms with E-state index < -0.39 is 0 Å². The molecule has 7 heteroatoms. The van der Waals surface area contributed by atoms with Gasteiger partial charge in [-0.15, -0.1) is 0 Å². The first-order valence-corrected chi connectivity index (χ1v) is 11.5. The van der Waals surface area contributed by atoms with E-state index in [9.17, 15) is 4.79 Å². The van der Waals surface area contributed by atoms with Crippen molar-refractivity contribution in [1.29, 1.82) is 0 Å². The minimum atomic E-state index is -0.0862. The fraction of sp³-hybridized carbons (Fsp3) is 0.360. The Balaban J connectivity index is 1.60. The van der Waals surface area contributed by atoms with Gasteiger partial charge in [0.15, 0.2) is 5.11 Å². The molecule has 32 heavy (non-hydrogen) atoms. The Morgan fingerprint density at radius 3 is 2.53 bits per heavy atom. The molecule has 168 valence electrons. The van der Waals surface area contributed by atoms with Crippen molar-refractivity contribution >= 4 is 33.9 Å². The Morgan fingerprint density at radius 1 is 1.12 bits per heavy atom. The van der Waals surface area contributed by atoms with Crippen molar-refractivity contribution in [3.05, 3.63) is 64.4 Å². The van der Waals surface area contributed by atoms with Crippen LogP contribution in [0.1, 0.15) is 38.2 Å². The highest BCUT2D eigenvalue weighted by molar-refractivity contribution is 7.80. The van der Waals surface area contributed by atoms with E-state index in [1.807, 2.05) is 55.5 Å². The zero-order valence-corrected chi connectivity index (χ0v) is 19.3. The first-order chi connectivity index (χ1) is 15.6. The summed E-state index contributed by atoms with van der Waals surface area (Å²) in [6.07, 6.45) is 4.50. The topological polar surface area (TPSA) is 66.6 Å². The number of anilines is 1. The van der Waals surface area contributed by atoms with Gasteiger partial charge in [-0.25, -0.2) is 0 Å². The standard InChI is InChI=1S/C25H29N3O3S/c1-3-31-22-12-13-23-17(15-22)14-18(24(29)27-23)16-28(20-6-4-5-7-20)25(32)26-19-8-10-21(30-2)11-9-19/h8-15,20H,3-7,16H2,1-2H3,(H,26,32)(H,27,29). The number of nitrogens with one attached hydrogen (secondary N) is 2. The monoisotopic (exact) mass is 451 g/mol. The van der Waals surface area contributed by atoms with E-state index >= 15 is 0 Å². The van der Waals surface area contributed by atoms with Gasteiger partial charge in [-0.3, -0.25) is 4.79 Å². The Labute approximate surface area is 193 Å². The van der Waals surface area contributed by atoms with Crippen molar-refractivity contribution in [2.24, 2.45) is 0 Å². The van der Waals surface area contributed by atoms with Crippen LogP contribution >= 0.6 is 12.2 Å². The van der Waals surface area contributed by atoms with E-state index in [4.69, 9.17) is 21.7 Å². The lowest BCUT2D eigenvalue weighted by molar-refractivity contribution is 0.311. The van der Waals surface area contributed by atoms with E-state index in [1.54, 1.807) is 7.11 Å². The largest absolute Gasteiger partial charge is 0.497 e. The normalized spacial score (nSPS) is 13.8. The summed E-state index contributed by atoms with van der Waals surface area (Å²) >= 11 is 5.80. The molecule has 4 rings (SSSR count). The maximum Gasteiger partial charge on any atom is 0.253 e. The lowest BCUT2D eigenvalue weighted by atomic mass is 10.1. The third-order valence-corrected chi connectivity index (χ3v) is 6.25. The fourth-order valence-corrected chi connectivity index (χ4v) is 4.57. The smallest absolute Gasteiger partial charge is 0.253 e. The van der Waals surface area contributed by atoms with Crippen molar-refractivity contribution in [3.63, 3.8) is 0 Å². The van der Waals surface area contributed by atoms with Gasteiger partial charge in [-0.05, 0) is 80.5 Å². The molecule has 2 aromatic carbocycles. The van der Waals surface area contributed by atoms with Gasteiger partial charge < -0.3 is 24.7 Å². The van der Waals surface area contributed by atoms with E-state index in [1.165, 1.54) is 12.8 Å². The lowest BCUT2D eigenvalue weighted by Gasteiger charge is -2.31. The van der Waals surface area contributed by atoms with Crippen molar-refractivity contribution in [2.45, 2.75) is 45.2 Å². The lowest BCUT2D eigenvalue weighted by Crippen LogP contribution is -2.42. The summed E-state index contributed by atoms with van der Waals surface area (Å²) in [6.45, 7) is 3.01. The van der Waals surface area contributed by atoms with Crippen LogP contribution in [0.5, 0.6) is 11.5 Å². The number of aromatic amines is 1. The second-order valence-corrected chi connectivity index (χ2v) is 8.42. The fourth-order valence-electron chi connectivity index (χ4n) is 4.24. The quantitative estimate of drug-likeness (QED) is 0.489. The van der Waals surface area contributed by atoms with Gasteiger partial charge in [0.2, 0.25) is 0 Å². The highest BCUT2D eigenvalue weighted by Gasteiger charge is 2.26. The zero-order valence-electron chi connectivity index (χ0n) is 18.5. The summed E-state index contributed by atoms with van der Waals surface area (Å²) in [7, 11) is 1.65. The third kappa shape index (κ3) is 5.05. The molecule has 1 aromatic heterocycles. The molecular formula is C25H29N3O3S. The van der Waals surface area contributed by atoms with Crippen molar-refractivity contribution in [2.75, 3.05) is 19.0 Å². The van der Waals surface area contributed by atoms with Gasteiger partial charge >= 0.3 is 0 Å². The molecule has 0 bridgehead atoms. The van der Waals surface area contributed by atoms with Gasteiger partial charge in [0.05, 0.1) is 20.3 Å². The van der Waals surface area contributed by atoms with Crippen molar-refractivity contribution in [1.82, 2.24) is 9.88 Å². The second-order valence-electron chi connectivity index (χ2n) is 8.03. The third-order valence-electron chi connectivity index (χ3n) is 5.91. The Bertz CT molecular complexity index is 1140. The molecule has 0 saturated heterocycles. The average Bonchev–Trinajstić information content (AvgIpc) is 3.33. The van der Waals surface area contributed by atoms with Crippen LogP contribution in [-0.4, -0.2) is 34.8 Å². The molecule has 1 fully saturated rings. The summed E-state index contributed by atoms with van der Waals surface area (Å²) in [5.41, 5.74) is 2.30. The van der Waals surface area contributed by atoms with Gasteiger partial charge in [0.1, 0.15) is 11.5 Å². The van der Waals surface area contributed by atoms with E-state index in [2.05, 4.69) is 15.2 Å². The summed E-state index contributed by atoms with van der Waals surface area (Å²) in [4.78, 5) is 18.0. The Hall–Kier alpha value is -3.06. The van der Waals surface area contributed by atoms with Crippen LogP contribution in [0, 0.1) is 0 Å². The first kappa shape index (κ1) is 22.1. The number of benzene rings is 2. The predicted octanol–water partition coefficient (Wildman–Crippen LogP) is 5.08. The number of fused-ring (bicyclic) bond motifs is 1. The van der Waals surface area contributed by atoms with Gasteiger partial charge in [-0.1, -0.05) is 12.8 Å². The Kier molecular flexibility index (Phi) is 6.95. The number of nitrogens with zero attached hydrogens (tertiary/aromatic N) is 1. The number of methoxy groups -OCH3 is 1. The number of aromatic nitrogens is 1. The molecule has 1 saturated carbocycles. The van der Waals surface area contributed by atoms with E-state index in [0.717, 1.165) is 40.9 Å². The minimum Gasteiger partial charge on any atom is -0.497 e. The molecule has 0 atom stereocenters. The molecule has 1 aliphatic carbocycles. The SMILES string of the molecule is CCOc1ccc2[nH]c(=O)c(CN(C(=S)Nc3ccc(OC)cc3)C3CCCC3)cc2c1. The molecule has 3 aromatic rings. The summed E-state index contributed by atoms with van der Waals surface area (Å²) in [5, 5.41) is 4.92. The van der Waals surface area contributed by atoms with Gasteiger partial charge in [0.25, 0.3) is 5.56 Å². The number of pyridine rings is 1. The molecule has 0 spiro atoms. The maximum absolute atomic E-state index is 12.9.